The highest BCUT2D eigenvalue weighted by Crippen LogP contribution is 2.22. The fraction of sp³-hybridized carbons (Fsp3) is 0.450. The summed E-state index contributed by atoms with van der Waals surface area (Å²) >= 11 is 0. The molecular weight excluding hydrogens is 346 g/mol. The SMILES string of the molecule is COc1ccccc1CCC(=O)N1CCC(C(=O)Nc2cc(C)on2)CC1. The zero-order valence-electron chi connectivity index (χ0n) is 15.7. The van der Waals surface area contributed by atoms with Crippen LogP contribution < -0.4 is 10.1 Å². The predicted molar refractivity (Wildman–Crippen MR) is 100 cm³/mol. The maximum atomic E-state index is 12.5. The molecule has 1 aliphatic heterocycles. The number of benzene rings is 1. The number of anilines is 1. The normalized spacial score (nSPS) is 14.8. The molecule has 0 bridgehead atoms. The van der Waals surface area contributed by atoms with E-state index in [-0.39, 0.29) is 17.7 Å². The van der Waals surface area contributed by atoms with Gasteiger partial charge in [-0.2, -0.15) is 0 Å². The van der Waals surface area contributed by atoms with Gasteiger partial charge in [0.15, 0.2) is 5.82 Å². The third-order valence-electron chi connectivity index (χ3n) is 4.90. The van der Waals surface area contributed by atoms with Gasteiger partial charge < -0.3 is 19.5 Å². The van der Waals surface area contributed by atoms with Gasteiger partial charge in [-0.1, -0.05) is 23.4 Å². The molecule has 0 spiro atoms. The number of methoxy groups -OCH3 is 1. The summed E-state index contributed by atoms with van der Waals surface area (Å²) in [5.74, 6) is 1.84. The number of amides is 2. The molecule has 7 nitrogen and oxygen atoms in total. The molecule has 0 radical (unpaired) electrons. The molecule has 1 aromatic carbocycles. The molecule has 0 saturated carbocycles. The lowest BCUT2D eigenvalue weighted by molar-refractivity contribution is -0.134. The first-order valence-corrected chi connectivity index (χ1v) is 9.20. The molecule has 1 aliphatic rings. The second-order valence-electron chi connectivity index (χ2n) is 6.78. The molecule has 1 N–H and O–H groups in total. The first kappa shape index (κ1) is 18.9. The molecule has 0 unspecified atom stereocenters. The molecule has 1 saturated heterocycles. The third-order valence-corrected chi connectivity index (χ3v) is 4.90. The molecule has 7 heteroatoms. The first-order valence-electron chi connectivity index (χ1n) is 9.20. The highest BCUT2D eigenvalue weighted by atomic mass is 16.5. The van der Waals surface area contributed by atoms with Gasteiger partial charge in [-0.15, -0.1) is 0 Å². The summed E-state index contributed by atoms with van der Waals surface area (Å²) in [6.07, 6.45) is 2.40. The lowest BCUT2D eigenvalue weighted by Crippen LogP contribution is -2.41. The number of para-hydroxylation sites is 1. The van der Waals surface area contributed by atoms with Gasteiger partial charge >= 0.3 is 0 Å². The van der Waals surface area contributed by atoms with E-state index in [9.17, 15) is 9.59 Å². The third kappa shape index (κ3) is 4.87. The summed E-state index contributed by atoms with van der Waals surface area (Å²) < 4.78 is 10.3. The fourth-order valence-electron chi connectivity index (χ4n) is 3.35. The summed E-state index contributed by atoms with van der Waals surface area (Å²) in [4.78, 5) is 26.7. The Morgan fingerprint density at radius 3 is 2.70 bits per heavy atom. The van der Waals surface area contributed by atoms with Crippen LogP contribution in [0.2, 0.25) is 0 Å². The van der Waals surface area contributed by atoms with Crippen molar-refractivity contribution < 1.29 is 18.8 Å². The zero-order chi connectivity index (χ0) is 19.2. The van der Waals surface area contributed by atoms with Crippen LogP contribution in [0.15, 0.2) is 34.9 Å². The maximum absolute atomic E-state index is 12.5. The Kier molecular flexibility index (Phi) is 6.11. The van der Waals surface area contributed by atoms with E-state index in [2.05, 4.69) is 10.5 Å². The van der Waals surface area contributed by atoms with Crippen molar-refractivity contribution in [2.75, 3.05) is 25.5 Å². The number of rotatable bonds is 6. The Morgan fingerprint density at radius 2 is 2.04 bits per heavy atom. The predicted octanol–water partition coefficient (Wildman–Crippen LogP) is 2.80. The number of hydrogen-bond donors (Lipinski definition) is 1. The number of carbonyl (C=O) groups excluding carboxylic acids is 2. The van der Waals surface area contributed by atoms with Crippen molar-refractivity contribution in [3.8, 4) is 5.75 Å². The molecule has 2 aromatic rings. The molecule has 0 atom stereocenters. The lowest BCUT2D eigenvalue weighted by Gasteiger charge is -2.31. The monoisotopic (exact) mass is 371 g/mol. The van der Waals surface area contributed by atoms with Crippen LogP contribution in [0.4, 0.5) is 5.82 Å². The van der Waals surface area contributed by atoms with Crippen molar-refractivity contribution in [2.45, 2.75) is 32.6 Å². The van der Waals surface area contributed by atoms with Crippen LogP contribution in [-0.2, 0) is 16.0 Å². The summed E-state index contributed by atoms with van der Waals surface area (Å²) in [6, 6.07) is 9.44. The molecule has 0 aliphatic carbocycles. The molecule has 2 amide bonds. The van der Waals surface area contributed by atoms with Crippen molar-refractivity contribution >= 4 is 17.6 Å². The Balaban J connectivity index is 1.45. The summed E-state index contributed by atoms with van der Waals surface area (Å²) in [7, 11) is 1.64. The number of hydrogen-bond acceptors (Lipinski definition) is 5. The topological polar surface area (TPSA) is 84.7 Å². The van der Waals surface area contributed by atoms with Gasteiger partial charge in [0.05, 0.1) is 7.11 Å². The van der Waals surface area contributed by atoms with Gasteiger partial charge in [-0.25, -0.2) is 0 Å². The average Bonchev–Trinajstić information content (AvgIpc) is 3.11. The van der Waals surface area contributed by atoms with Crippen LogP contribution in [0.25, 0.3) is 0 Å². The van der Waals surface area contributed by atoms with Crippen LogP contribution >= 0.6 is 0 Å². The van der Waals surface area contributed by atoms with E-state index in [1.54, 1.807) is 20.1 Å². The average molecular weight is 371 g/mol. The molecule has 1 aromatic heterocycles. The number of likely N-dealkylation sites (tertiary alicyclic amines) is 1. The minimum atomic E-state index is -0.111. The molecule has 2 heterocycles. The number of aryl methyl sites for hydroxylation is 2. The van der Waals surface area contributed by atoms with Gasteiger partial charge in [0, 0.05) is 31.5 Å². The maximum Gasteiger partial charge on any atom is 0.228 e. The zero-order valence-corrected chi connectivity index (χ0v) is 15.7. The highest BCUT2D eigenvalue weighted by Gasteiger charge is 2.27. The van der Waals surface area contributed by atoms with Crippen molar-refractivity contribution in [3.05, 3.63) is 41.7 Å². The van der Waals surface area contributed by atoms with E-state index < -0.39 is 0 Å². The van der Waals surface area contributed by atoms with Gasteiger partial charge in [-0.3, -0.25) is 9.59 Å². The number of aromatic nitrogens is 1. The van der Waals surface area contributed by atoms with Crippen LogP contribution in [0, 0.1) is 12.8 Å². The van der Waals surface area contributed by atoms with Crippen molar-refractivity contribution in [1.29, 1.82) is 0 Å². The molecular formula is C20H25N3O4. The summed E-state index contributed by atoms with van der Waals surface area (Å²) in [5.41, 5.74) is 1.03. The van der Waals surface area contributed by atoms with E-state index >= 15 is 0 Å². The van der Waals surface area contributed by atoms with E-state index in [0.29, 0.717) is 50.4 Å². The standard InChI is InChI=1S/C20H25N3O4/c1-14-13-18(22-27-14)21-20(25)16-9-11-23(12-10-16)19(24)8-7-15-5-3-4-6-17(15)26-2/h3-6,13,16H,7-12H2,1-2H3,(H,21,22,25). The second-order valence-corrected chi connectivity index (χ2v) is 6.78. The summed E-state index contributed by atoms with van der Waals surface area (Å²) in [5, 5.41) is 6.55. The summed E-state index contributed by atoms with van der Waals surface area (Å²) in [6.45, 7) is 2.97. The minimum absolute atomic E-state index is 0.0654. The van der Waals surface area contributed by atoms with Crippen LogP contribution in [0.5, 0.6) is 5.75 Å². The van der Waals surface area contributed by atoms with Crippen molar-refractivity contribution in [2.24, 2.45) is 5.92 Å². The number of carbonyl (C=O) groups is 2. The van der Waals surface area contributed by atoms with E-state index in [0.717, 1.165) is 11.3 Å². The van der Waals surface area contributed by atoms with Crippen molar-refractivity contribution in [3.63, 3.8) is 0 Å². The fourth-order valence-corrected chi connectivity index (χ4v) is 3.35. The van der Waals surface area contributed by atoms with Gasteiger partial charge in [0.25, 0.3) is 0 Å². The molecule has 144 valence electrons. The minimum Gasteiger partial charge on any atom is -0.496 e. The number of nitrogens with one attached hydrogen (secondary N) is 1. The van der Waals surface area contributed by atoms with Gasteiger partial charge in [-0.05, 0) is 37.8 Å². The number of nitrogens with zero attached hydrogens (tertiary/aromatic N) is 2. The van der Waals surface area contributed by atoms with Crippen LogP contribution in [0.3, 0.4) is 0 Å². The highest BCUT2D eigenvalue weighted by molar-refractivity contribution is 5.91. The van der Waals surface area contributed by atoms with E-state index in [4.69, 9.17) is 9.26 Å². The van der Waals surface area contributed by atoms with Gasteiger partial charge in [0.2, 0.25) is 11.8 Å². The van der Waals surface area contributed by atoms with E-state index in [1.165, 1.54) is 0 Å². The van der Waals surface area contributed by atoms with E-state index in [1.807, 2.05) is 29.2 Å². The lowest BCUT2D eigenvalue weighted by atomic mass is 9.95. The molecule has 3 rings (SSSR count). The van der Waals surface area contributed by atoms with Gasteiger partial charge in [0.1, 0.15) is 11.5 Å². The largest absolute Gasteiger partial charge is 0.496 e. The number of ether oxygens (including phenoxy) is 1. The van der Waals surface area contributed by atoms with Crippen LogP contribution in [-0.4, -0.2) is 42.1 Å². The second kappa shape index (κ2) is 8.70. The first-order chi connectivity index (χ1) is 13.1. The van der Waals surface area contributed by atoms with Crippen LogP contribution in [0.1, 0.15) is 30.6 Å². The molecule has 27 heavy (non-hydrogen) atoms. The quantitative estimate of drug-likeness (QED) is 0.844. The Labute approximate surface area is 158 Å². The Hall–Kier alpha value is -2.83. The number of piperidine rings is 1. The molecule has 1 fully saturated rings. The van der Waals surface area contributed by atoms with Crippen molar-refractivity contribution in [1.82, 2.24) is 10.1 Å². The Bertz CT molecular complexity index is 794. The Morgan fingerprint density at radius 1 is 1.30 bits per heavy atom. The smallest absolute Gasteiger partial charge is 0.228 e.